The van der Waals surface area contributed by atoms with Crippen LogP contribution in [0.25, 0.3) is 106 Å². The minimum atomic E-state index is -0.235. The molecule has 0 bridgehead atoms. The molecule has 0 spiro atoms. The van der Waals surface area contributed by atoms with Crippen LogP contribution in [-0.4, -0.2) is 8.97 Å². The first-order chi connectivity index (χ1) is 35.8. The van der Waals surface area contributed by atoms with Gasteiger partial charge in [-0.05, 0) is 148 Å². The van der Waals surface area contributed by atoms with Gasteiger partial charge >= 0.3 is 0 Å². The van der Waals surface area contributed by atoms with Crippen LogP contribution in [0.5, 0.6) is 0 Å². The van der Waals surface area contributed by atoms with Crippen LogP contribution in [0.2, 0.25) is 0 Å². The second-order valence-corrected chi connectivity index (χ2v) is 20.3. The topological polar surface area (TPSA) is 12.6 Å². The largest absolute Gasteiger partial charge is 0.310 e. The fourth-order valence-corrected chi connectivity index (χ4v) is 12.1. The number of fused-ring (bicyclic) bond motifs is 9. The van der Waals surface area contributed by atoms with Gasteiger partial charge in [-0.2, -0.15) is 0 Å². The van der Waals surface area contributed by atoms with Gasteiger partial charge in [0.25, 0.3) is 0 Å². The Morgan fingerprint density at radius 2 is 0.986 bits per heavy atom. The van der Waals surface area contributed by atoms with Gasteiger partial charge in [-0.15, -0.1) is 0 Å². The maximum absolute atomic E-state index is 4.59. The summed E-state index contributed by atoms with van der Waals surface area (Å²) in [5.74, 6) is 0. The van der Waals surface area contributed by atoms with Crippen molar-refractivity contribution in [3.63, 3.8) is 0 Å². The molecule has 0 unspecified atom stereocenters. The molecule has 73 heavy (non-hydrogen) atoms. The Balaban J connectivity index is 0.829. The maximum Gasteiger partial charge on any atom is 0.0620 e. The summed E-state index contributed by atoms with van der Waals surface area (Å²) in [5.41, 5.74) is 21.6. The fraction of sp³-hybridized carbons (Fsp3) is 0.0571. The number of hydrogen-bond acceptors (Lipinski definition) is 1. The highest BCUT2D eigenvalue weighted by Gasteiger charge is 2.36. The summed E-state index contributed by atoms with van der Waals surface area (Å²) in [6.07, 6.45) is 4.54. The summed E-state index contributed by atoms with van der Waals surface area (Å²) in [5, 5.41) is 8.46. The number of nitrogens with zero attached hydrogens (tertiary/aromatic N) is 3. The molecule has 3 heteroatoms. The van der Waals surface area contributed by atoms with Crippen molar-refractivity contribution in [1.29, 1.82) is 0 Å². The van der Waals surface area contributed by atoms with Crippen LogP contribution in [-0.2, 0) is 5.41 Å². The van der Waals surface area contributed by atoms with Gasteiger partial charge in [0.05, 0.1) is 27.4 Å². The molecular weight excluding hydrogens is 883 g/mol. The quantitative estimate of drug-likeness (QED) is 0.148. The van der Waals surface area contributed by atoms with Crippen molar-refractivity contribution in [1.82, 2.24) is 8.97 Å². The SMILES string of the molecule is C=c1/c(=C\C=C(/C)c2ccc3c(c2)C(C)(C)c2cc(N(c4ccc(-c5ccccc5)cc4)c4ccc(-c5ccc6c(c5)c5ccccc5n6-c5ccccc5)cc4)ccc2-3)n2c3ccccc3c3cccc1c32. The Morgan fingerprint density at radius 1 is 0.452 bits per heavy atom. The normalized spacial score (nSPS) is 13.5. The first kappa shape index (κ1) is 42.7. The number of hydrogen-bond donors (Lipinski definition) is 0. The number of benzene rings is 10. The zero-order valence-electron chi connectivity index (χ0n) is 41.1. The van der Waals surface area contributed by atoms with Crippen LogP contribution in [0.1, 0.15) is 37.5 Å². The van der Waals surface area contributed by atoms with Gasteiger partial charge in [-0.1, -0.05) is 178 Å². The van der Waals surface area contributed by atoms with E-state index in [9.17, 15) is 0 Å². The lowest BCUT2D eigenvalue weighted by atomic mass is 9.81. The molecule has 3 heterocycles. The van der Waals surface area contributed by atoms with E-state index in [0.717, 1.165) is 33.3 Å². The smallest absolute Gasteiger partial charge is 0.0620 e. The predicted octanol–water partition coefficient (Wildman–Crippen LogP) is 17.2. The average molecular weight is 934 g/mol. The second-order valence-electron chi connectivity index (χ2n) is 20.3. The Morgan fingerprint density at radius 3 is 1.71 bits per heavy atom. The third kappa shape index (κ3) is 6.66. The van der Waals surface area contributed by atoms with Crippen LogP contribution in [0, 0.1) is 0 Å². The van der Waals surface area contributed by atoms with E-state index in [2.05, 4.69) is 284 Å². The van der Waals surface area contributed by atoms with Crippen molar-refractivity contribution >= 4 is 84.3 Å². The van der Waals surface area contributed by atoms with Crippen LogP contribution in [0.3, 0.4) is 0 Å². The van der Waals surface area contributed by atoms with E-state index in [1.807, 2.05) is 0 Å². The molecule has 0 radical (unpaired) electrons. The highest BCUT2D eigenvalue weighted by molar-refractivity contribution is 6.14. The van der Waals surface area contributed by atoms with Gasteiger partial charge in [0.15, 0.2) is 0 Å². The molecule has 0 saturated carbocycles. The molecule has 0 N–H and O–H groups in total. The lowest BCUT2D eigenvalue weighted by Crippen LogP contribution is -2.24. The van der Waals surface area contributed by atoms with Crippen LogP contribution in [0.4, 0.5) is 17.1 Å². The zero-order valence-corrected chi connectivity index (χ0v) is 41.1. The van der Waals surface area contributed by atoms with Crippen LogP contribution >= 0.6 is 0 Å². The molecule has 10 aromatic carbocycles. The monoisotopic (exact) mass is 933 g/mol. The summed E-state index contributed by atoms with van der Waals surface area (Å²) < 4.78 is 4.77. The standard InChI is InChI=1S/C70H51N3/c1-45(26-40-65-46(2)56-22-15-23-61-59-20-11-14-25-67(59)73(65)69(56)61)50-31-38-57-58-39-37-55(44-64(58)70(3,4)63(57)43-50)71(53-33-27-48(28-34-53)47-16-7-5-8-17-47)54-35-29-49(30-36-54)51-32-41-68-62(42-51)60-21-12-13-24-66(60)72(68)52-18-9-6-10-19-52/h5-44H,2H2,1,3-4H3/b45-26+,65-40+. The molecule has 13 aromatic rings. The Bertz CT molecular complexity index is 4460. The average Bonchev–Trinajstić information content (AvgIpc) is 4.12. The molecule has 0 saturated heterocycles. The van der Waals surface area contributed by atoms with Crippen LogP contribution < -0.4 is 15.5 Å². The second kappa shape index (κ2) is 16.4. The number of anilines is 3. The van der Waals surface area contributed by atoms with Crippen LogP contribution in [0.15, 0.2) is 237 Å². The summed E-state index contributed by atoms with van der Waals surface area (Å²) in [6.45, 7) is 11.6. The highest BCUT2D eigenvalue weighted by Crippen LogP contribution is 2.51. The van der Waals surface area contributed by atoms with Gasteiger partial charge in [0, 0.05) is 60.3 Å². The molecule has 3 nitrogen and oxygen atoms in total. The molecule has 0 fully saturated rings. The molecule has 3 aromatic heterocycles. The summed E-state index contributed by atoms with van der Waals surface area (Å²) >= 11 is 0. The summed E-state index contributed by atoms with van der Waals surface area (Å²) in [4.78, 5) is 2.41. The van der Waals surface area contributed by atoms with Gasteiger partial charge in [-0.25, -0.2) is 0 Å². The summed E-state index contributed by atoms with van der Waals surface area (Å²) in [6, 6.07) is 84.5. The van der Waals surface area contributed by atoms with Crippen molar-refractivity contribution in [2.45, 2.75) is 26.2 Å². The highest BCUT2D eigenvalue weighted by atomic mass is 15.1. The molecule has 1 aliphatic rings. The van der Waals surface area contributed by atoms with E-state index in [4.69, 9.17) is 0 Å². The van der Waals surface area contributed by atoms with Crippen molar-refractivity contribution in [2.75, 3.05) is 4.90 Å². The Hall–Kier alpha value is -9.18. The third-order valence-corrected chi connectivity index (χ3v) is 15.8. The minimum Gasteiger partial charge on any atom is -0.310 e. The molecule has 1 aliphatic carbocycles. The van der Waals surface area contributed by atoms with E-state index in [1.165, 1.54) is 105 Å². The van der Waals surface area contributed by atoms with Crippen molar-refractivity contribution in [3.05, 3.63) is 264 Å². The van der Waals surface area contributed by atoms with Crippen molar-refractivity contribution in [3.8, 4) is 39.1 Å². The van der Waals surface area contributed by atoms with E-state index in [-0.39, 0.29) is 5.41 Å². The van der Waals surface area contributed by atoms with E-state index >= 15 is 0 Å². The molecule has 14 rings (SSSR count). The van der Waals surface area contributed by atoms with E-state index in [0.29, 0.717) is 0 Å². The van der Waals surface area contributed by atoms with Gasteiger partial charge in [-0.3, -0.25) is 0 Å². The van der Waals surface area contributed by atoms with Gasteiger partial charge in [0.2, 0.25) is 0 Å². The molecular formula is C70H51N3. The predicted molar refractivity (Wildman–Crippen MR) is 310 cm³/mol. The Kier molecular flexibility index (Phi) is 9.62. The fourth-order valence-electron chi connectivity index (χ4n) is 12.1. The summed E-state index contributed by atoms with van der Waals surface area (Å²) in [7, 11) is 0. The number of allylic oxidation sites excluding steroid dienone is 2. The molecule has 0 amide bonds. The van der Waals surface area contributed by atoms with E-state index in [1.54, 1.807) is 0 Å². The van der Waals surface area contributed by atoms with E-state index < -0.39 is 0 Å². The van der Waals surface area contributed by atoms with Crippen molar-refractivity contribution < 1.29 is 0 Å². The molecule has 0 aliphatic heterocycles. The minimum absolute atomic E-state index is 0.235. The number of aromatic nitrogens is 2. The first-order valence-electron chi connectivity index (χ1n) is 25.4. The lowest BCUT2D eigenvalue weighted by molar-refractivity contribution is 0.660. The zero-order chi connectivity index (χ0) is 49.0. The van der Waals surface area contributed by atoms with Gasteiger partial charge < -0.3 is 13.9 Å². The molecule has 346 valence electrons. The maximum atomic E-state index is 4.59. The first-order valence-corrected chi connectivity index (χ1v) is 25.4. The third-order valence-electron chi connectivity index (χ3n) is 15.8. The Labute approximate surface area is 425 Å². The van der Waals surface area contributed by atoms with Gasteiger partial charge in [0.1, 0.15) is 0 Å². The van der Waals surface area contributed by atoms with Crippen molar-refractivity contribution in [2.24, 2.45) is 0 Å². The number of para-hydroxylation sites is 4. The number of rotatable bonds is 8. The molecule has 0 atom stereocenters. The lowest BCUT2D eigenvalue weighted by Gasteiger charge is -2.28.